The number of nitrogens with one attached hydrogen (secondary N) is 2. The predicted octanol–water partition coefficient (Wildman–Crippen LogP) is 1.37. The molecule has 1 fully saturated rings. The number of carbonyl (C=O) groups excluding carboxylic acids is 1. The van der Waals surface area contributed by atoms with Gasteiger partial charge in [-0.2, -0.15) is 0 Å². The summed E-state index contributed by atoms with van der Waals surface area (Å²) in [6.07, 6.45) is 1.50. The molecule has 1 amide bonds. The topological polar surface area (TPSA) is 50.4 Å². The van der Waals surface area contributed by atoms with E-state index in [-0.39, 0.29) is 11.9 Å². The first-order valence-corrected chi connectivity index (χ1v) is 6.42. The second kappa shape index (κ2) is 6.07. The molecule has 1 aliphatic rings. The van der Waals surface area contributed by atoms with Crippen molar-refractivity contribution in [3.8, 4) is 5.75 Å². The van der Waals surface area contributed by atoms with Crippen molar-refractivity contribution in [1.29, 1.82) is 0 Å². The second-order valence-electron chi connectivity index (χ2n) is 4.29. The van der Waals surface area contributed by atoms with Gasteiger partial charge in [-0.3, -0.25) is 4.79 Å². The lowest BCUT2D eigenvalue weighted by molar-refractivity contribution is -0.124. The lowest BCUT2D eigenvalue weighted by Gasteiger charge is -2.23. The minimum atomic E-state index is -0.123. The van der Waals surface area contributed by atoms with E-state index >= 15 is 0 Å². The second-order valence-corrected chi connectivity index (χ2v) is 4.73. The molecule has 1 aromatic carbocycles. The molecule has 0 aromatic heterocycles. The van der Waals surface area contributed by atoms with Crippen LogP contribution >= 0.6 is 11.6 Å². The van der Waals surface area contributed by atoms with E-state index in [9.17, 15) is 4.79 Å². The van der Waals surface area contributed by atoms with E-state index in [0.29, 0.717) is 11.6 Å². The third kappa shape index (κ3) is 3.15. The smallest absolute Gasteiger partial charge is 0.237 e. The predicted molar refractivity (Wildman–Crippen MR) is 71.1 cm³/mol. The number of hydrogen-bond donors (Lipinski definition) is 2. The van der Waals surface area contributed by atoms with Gasteiger partial charge in [0.1, 0.15) is 5.75 Å². The number of carbonyl (C=O) groups is 1. The third-order valence-corrected chi connectivity index (χ3v) is 3.31. The Morgan fingerprint density at radius 1 is 1.44 bits per heavy atom. The number of halogens is 1. The number of benzene rings is 1. The van der Waals surface area contributed by atoms with Gasteiger partial charge in [-0.15, -0.1) is 0 Å². The van der Waals surface area contributed by atoms with Gasteiger partial charge in [0.15, 0.2) is 0 Å². The zero-order valence-corrected chi connectivity index (χ0v) is 11.1. The van der Waals surface area contributed by atoms with E-state index < -0.39 is 0 Å². The van der Waals surface area contributed by atoms with Crippen molar-refractivity contribution in [2.45, 2.75) is 18.9 Å². The molecule has 1 heterocycles. The molecule has 1 unspecified atom stereocenters. The fourth-order valence-electron chi connectivity index (χ4n) is 2.12. The number of rotatable bonds is 4. The molecule has 0 saturated carbocycles. The average molecular weight is 269 g/mol. The first kappa shape index (κ1) is 13.2. The van der Waals surface area contributed by atoms with Crippen molar-refractivity contribution in [3.63, 3.8) is 0 Å². The number of hydrogen-bond acceptors (Lipinski definition) is 3. The molecular formula is C13H17ClN2O2. The van der Waals surface area contributed by atoms with Gasteiger partial charge < -0.3 is 15.4 Å². The van der Waals surface area contributed by atoms with Gasteiger partial charge in [-0.05, 0) is 36.6 Å². The standard InChI is InChI=1S/C13H17ClN2O2/c1-18-12-5-3-10(14)8-9(12)2-4-11-13(17)16-7-6-15-11/h3,5,8,11,15H,2,4,6-7H2,1H3,(H,16,17). The summed E-state index contributed by atoms with van der Waals surface area (Å²) in [4.78, 5) is 11.6. The minimum Gasteiger partial charge on any atom is -0.496 e. The molecule has 0 bridgehead atoms. The highest BCUT2D eigenvalue weighted by Crippen LogP contribution is 2.24. The highest BCUT2D eigenvalue weighted by Gasteiger charge is 2.21. The van der Waals surface area contributed by atoms with Crippen LogP contribution in [0.5, 0.6) is 5.75 Å². The molecule has 2 N–H and O–H groups in total. The zero-order chi connectivity index (χ0) is 13.0. The number of methoxy groups -OCH3 is 1. The Morgan fingerprint density at radius 2 is 2.28 bits per heavy atom. The van der Waals surface area contributed by atoms with Crippen LogP contribution in [0.15, 0.2) is 18.2 Å². The van der Waals surface area contributed by atoms with Gasteiger partial charge in [0, 0.05) is 18.1 Å². The molecule has 4 nitrogen and oxygen atoms in total. The van der Waals surface area contributed by atoms with Crippen molar-refractivity contribution in [2.75, 3.05) is 20.2 Å². The Morgan fingerprint density at radius 3 is 3.00 bits per heavy atom. The van der Waals surface area contributed by atoms with Crippen LogP contribution in [-0.4, -0.2) is 32.1 Å². The zero-order valence-electron chi connectivity index (χ0n) is 10.3. The van der Waals surface area contributed by atoms with E-state index in [1.807, 2.05) is 12.1 Å². The lowest BCUT2D eigenvalue weighted by Crippen LogP contribution is -2.52. The number of amides is 1. The molecule has 1 aromatic rings. The molecule has 0 aliphatic carbocycles. The van der Waals surface area contributed by atoms with Crippen LogP contribution in [0, 0.1) is 0 Å². The van der Waals surface area contributed by atoms with E-state index in [4.69, 9.17) is 16.3 Å². The fraction of sp³-hybridized carbons (Fsp3) is 0.462. The van der Waals surface area contributed by atoms with Gasteiger partial charge >= 0.3 is 0 Å². The van der Waals surface area contributed by atoms with E-state index in [0.717, 1.165) is 30.7 Å². The van der Waals surface area contributed by atoms with Crippen molar-refractivity contribution < 1.29 is 9.53 Å². The highest BCUT2D eigenvalue weighted by atomic mass is 35.5. The lowest BCUT2D eigenvalue weighted by atomic mass is 10.0. The van der Waals surface area contributed by atoms with Crippen LogP contribution < -0.4 is 15.4 Å². The van der Waals surface area contributed by atoms with Crippen LogP contribution in [0.4, 0.5) is 0 Å². The Hall–Kier alpha value is -1.26. The largest absolute Gasteiger partial charge is 0.496 e. The third-order valence-electron chi connectivity index (χ3n) is 3.08. The fourth-order valence-corrected chi connectivity index (χ4v) is 2.32. The van der Waals surface area contributed by atoms with Gasteiger partial charge in [-0.1, -0.05) is 11.6 Å². The molecule has 98 valence electrons. The molecule has 1 saturated heterocycles. The first-order chi connectivity index (χ1) is 8.70. The maximum atomic E-state index is 11.6. The van der Waals surface area contributed by atoms with Crippen molar-refractivity contribution in [2.24, 2.45) is 0 Å². The molecule has 0 spiro atoms. The van der Waals surface area contributed by atoms with Crippen molar-refractivity contribution in [3.05, 3.63) is 28.8 Å². The maximum absolute atomic E-state index is 11.6. The Labute approximate surface area is 112 Å². The summed E-state index contributed by atoms with van der Waals surface area (Å²) >= 11 is 5.97. The van der Waals surface area contributed by atoms with Crippen LogP contribution in [0.3, 0.4) is 0 Å². The molecule has 5 heteroatoms. The molecular weight excluding hydrogens is 252 g/mol. The first-order valence-electron chi connectivity index (χ1n) is 6.04. The van der Waals surface area contributed by atoms with E-state index in [1.54, 1.807) is 13.2 Å². The maximum Gasteiger partial charge on any atom is 0.237 e. The highest BCUT2D eigenvalue weighted by molar-refractivity contribution is 6.30. The molecule has 1 aliphatic heterocycles. The van der Waals surface area contributed by atoms with Crippen LogP contribution in [0.1, 0.15) is 12.0 Å². The summed E-state index contributed by atoms with van der Waals surface area (Å²) in [6, 6.07) is 5.42. The average Bonchev–Trinajstić information content (AvgIpc) is 2.38. The monoisotopic (exact) mass is 268 g/mol. The van der Waals surface area contributed by atoms with Crippen LogP contribution in [0.2, 0.25) is 5.02 Å². The van der Waals surface area contributed by atoms with Gasteiger partial charge in [-0.25, -0.2) is 0 Å². The molecule has 18 heavy (non-hydrogen) atoms. The van der Waals surface area contributed by atoms with Crippen LogP contribution in [0.25, 0.3) is 0 Å². The molecule has 0 radical (unpaired) electrons. The van der Waals surface area contributed by atoms with Gasteiger partial charge in [0.05, 0.1) is 13.2 Å². The summed E-state index contributed by atoms with van der Waals surface area (Å²) in [6.45, 7) is 1.53. The molecule has 1 atom stereocenters. The molecule has 2 rings (SSSR count). The number of ether oxygens (including phenoxy) is 1. The quantitative estimate of drug-likeness (QED) is 0.867. The number of aryl methyl sites for hydroxylation is 1. The Bertz CT molecular complexity index is 437. The summed E-state index contributed by atoms with van der Waals surface area (Å²) in [5.74, 6) is 0.887. The Kier molecular flexibility index (Phi) is 4.44. The van der Waals surface area contributed by atoms with E-state index in [2.05, 4.69) is 10.6 Å². The van der Waals surface area contributed by atoms with Gasteiger partial charge in [0.25, 0.3) is 0 Å². The van der Waals surface area contributed by atoms with Crippen molar-refractivity contribution >= 4 is 17.5 Å². The Balaban J connectivity index is 2.00. The van der Waals surface area contributed by atoms with Crippen LogP contribution in [-0.2, 0) is 11.2 Å². The minimum absolute atomic E-state index is 0.0715. The summed E-state index contributed by atoms with van der Waals surface area (Å²) < 4.78 is 5.29. The summed E-state index contributed by atoms with van der Waals surface area (Å²) in [5, 5.41) is 6.74. The van der Waals surface area contributed by atoms with Gasteiger partial charge in [0.2, 0.25) is 5.91 Å². The SMILES string of the molecule is COc1ccc(Cl)cc1CCC1NCCNC1=O. The van der Waals surface area contributed by atoms with Crippen molar-refractivity contribution in [1.82, 2.24) is 10.6 Å². The normalized spacial score (nSPS) is 19.4. The summed E-state index contributed by atoms with van der Waals surface area (Å²) in [5.41, 5.74) is 1.03. The number of piperazine rings is 1. The van der Waals surface area contributed by atoms with E-state index in [1.165, 1.54) is 0 Å². The summed E-state index contributed by atoms with van der Waals surface area (Å²) in [7, 11) is 1.64.